The number of carbonyl (C=O) groups excluding carboxylic acids is 1. The van der Waals surface area contributed by atoms with Crippen LogP contribution in [0.3, 0.4) is 0 Å². The number of thiophene rings is 1. The Morgan fingerprint density at radius 1 is 1.09 bits per heavy atom. The number of nitrogens with zero attached hydrogens (tertiary/aromatic N) is 2. The van der Waals surface area contributed by atoms with Crippen LogP contribution in [-0.4, -0.2) is 16.1 Å². The summed E-state index contributed by atoms with van der Waals surface area (Å²) in [6, 6.07) is 14.3. The maximum absolute atomic E-state index is 11.9. The number of aromatic nitrogens is 2. The summed E-state index contributed by atoms with van der Waals surface area (Å²) < 4.78 is 5.58. The molecule has 0 spiro atoms. The van der Waals surface area contributed by atoms with Gasteiger partial charge in [0.05, 0.1) is 10.6 Å². The van der Waals surface area contributed by atoms with Gasteiger partial charge in [-0.15, -0.1) is 16.4 Å². The van der Waals surface area contributed by atoms with Crippen LogP contribution in [0.15, 0.2) is 53.9 Å². The zero-order valence-corrected chi connectivity index (χ0v) is 12.6. The highest BCUT2D eigenvalue weighted by molar-refractivity contribution is 7.12. The lowest BCUT2D eigenvalue weighted by Crippen LogP contribution is -2.09. The number of carbonyl (C=O) groups is 1. The summed E-state index contributed by atoms with van der Waals surface area (Å²) in [4.78, 5) is 12.6. The summed E-state index contributed by atoms with van der Waals surface area (Å²) in [6.07, 6.45) is 0. The second-order valence-corrected chi connectivity index (χ2v) is 5.52. The molecule has 0 radical (unpaired) electrons. The number of nitrogens with one attached hydrogen (secondary N) is 1. The molecule has 0 aliphatic carbocycles. The molecule has 2 heterocycles. The Bertz CT molecular complexity index is 753. The summed E-state index contributed by atoms with van der Waals surface area (Å²) >= 11 is 1.40. The molecule has 6 heteroatoms. The van der Waals surface area contributed by atoms with Gasteiger partial charge < -0.3 is 10.1 Å². The van der Waals surface area contributed by atoms with E-state index in [9.17, 15) is 4.79 Å². The molecule has 0 atom stereocenters. The Hall–Kier alpha value is -2.73. The minimum atomic E-state index is -0.118. The fourth-order valence-electron chi connectivity index (χ4n) is 1.77. The SMILES string of the molecule is Cc1ccc(Oc2ccc(NC(=O)c3cccs3)cc2)nn1. The Morgan fingerprint density at radius 3 is 2.55 bits per heavy atom. The van der Waals surface area contributed by atoms with E-state index in [1.54, 1.807) is 36.4 Å². The highest BCUT2D eigenvalue weighted by Crippen LogP contribution is 2.21. The van der Waals surface area contributed by atoms with Crippen LogP contribution in [0.5, 0.6) is 11.6 Å². The van der Waals surface area contributed by atoms with Crippen molar-refractivity contribution < 1.29 is 9.53 Å². The van der Waals surface area contributed by atoms with Crippen molar-refractivity contribution in [1.29, 1.82) is 0 Å². The molecule has 1 N–H and O–H groups in total. The van der Waals surface area contributed by atoms with Gasteiger partial charge in [-0.1, -0.05) is 6.07 Å². The first-order valence-corrected chi connectivity index (χ1v) is 7.52. The van der Waals surface area contributed by atoms with Crippen molar-refractivity contribution in [2.75, 3.05) is 5.32 Å². The molecule has 0 aliphatic rings. The van der Waals surface area contributed by atoms with E-state index in [4.69, 9.17) is 4.74 Å². The van der Waals surface area contributed by atoms with Gasteiger partial charge in [0.25, 0.3) is 5.91 Å². The molecule has 0 aliphatic heterocycles. The number of amides is 1. The average molecular weight is 311 g/mol. The molecule has 3 aromatic rings. The maximum atomic E-state index is 11.9. The lowest BCUT2D eigenvalue weighted by atomic mass is 10.3. The van der Waals surface area contributed by atoms with Gasteiger partial charge in [0, 0.05) is 11.8 Å². The molecule has 1 amide bonds. The smallest absolute Gasteiger partial charge is 0.265 e. The van der Waals surface area contributed by atoms with Crippen LogP contribution >= 0.6 is 11.3 Å². The first-order valence-electron chi connectivity index (χ1n) is 6.64. The predicted molar refractivity (Wildman–Crippen MR) is 85.6 cm³/mol. The topological polar surface area (TPSA) is 64.1 Å². The van der Waals surface area contributed by atoms with Crippen molar-refractivity contribution in [1.82, 2.24) is 10.2 Å². The van der Waals surface area contributed by atoms with Gasteiger partial charge in [0.1, 0.15) is 5.75 Å². The van der Waals surface area contributed by atoms with Crippen LogP contribution in [0.2, 0.25) is 0 Å². The van der Waals surface area contributed by atoms with Gasteiger partial charge >= 0.3 is 0 Å². The van der Waals surface area contributed by atoms with Crippen LogP contribution in [0, 0.1) is 6.92 Å². The molecule has 0 saturated carbocycles. The molecule has 0 fully saturated rings. The second kappa shape index (κ2) is 6.36. The largest absolute Gasteiger partial charge is 0.438 e. The highest BCUT2D eigenvalue weighted by Gasteiger charge is 2.07. The molecule has 3 rings (SSSR count). The van der Waals surface area contributed by atoms with Crippen LogP contribution in [0.4, 0.5) is 5.69 Å². The van der Waals surface area contributed by atoms with E-state index in [0.29, 0.717) is 22.2 Å². The lowest BCUT2D eigenvalue weighted by molar-refractivity contribution is 0.103. The van der Waals surface area contributed by atoms with Gasteiger partial charge in [0.2, 0.25) is 5.88 Å². The highest BCUT2D eigenvalue weighted by atomic mass is 32.1. The zero-order valence-electron chi connectivity index (χ0n) is 11.8. The second-order valence-electron chi connectivity index (χ2n) is 4.57. The van der Waals surface area contributed by atoms with Crippen molar-refractivity contribution in [3.8, 4) is 11.6 Å². The molecule has 1 aromatic carbocycles. The summed E-state index contributed by atoms with van der Waals surface area (Å²) in [5, 5.41) is 12.6. The Kier molecular flexibility index (Phi) is 4.11. The third-order valence-corrected chi connectivity index (χ3v) is 3.72. The third-order valence-electron chi connectivity index (χ3n) is 2.85. The van der Waals surface area contributed by atoms with Crippen molar-refractivity contribution >= 4 is 22.9 Å². The number of hydrogen-bond donors (Lipinski definition) is 1. The molecular weight excluding hydrogens is 298 g/mol. The van der Waals surface area contributed by atoms with Crippen molar-refractivity contribution in [3.05, 3.63) is 64.5 Å². The van der Waals surface area contributed by atoms with E-state index in [1.807, 2.05) is 24.4 Å². The first kappa shape index (κ1) is 14.2. The Balaban J connectivity index is 1.65. The summed E-state index contributed by atoms with van der Waals surface area (Å²) in [5.41, 5.74) is 1.54. The average Bonchev–Trinajstić information content (AvgIpc) is 3.06. The monoisotopic (exact) mass is 311 g/mol. The number of benzene rings is 1. The van der Waals surface area contributed by atoms with Crippen molar-refractivity contribution in [3.63, 3.8) is 0 Å². The van der Waals surface area contributed by atoms with Crippen LogP contribution < -0.4 is 10.1 Å². The minimum absolute atomic E-state index is 0.118. The molecule has 110 valence electrons. The number of aryl methyl sites for hydroxylation is 1. The maximum Gasteiger partial charge on any atom is 0.265 e. The van der Waals surface area contributed by atoms with Gasteiger partial charge in [-0.25, -0.2) is 0 Å². The summed E-state index contributed by atoms with van der Waals surface area (Å²) in [6.45, 7) is 1.86. The summed E-state index contributed by atoms with van der Waals surface area (Å²) in [7, 11) is 0. The van der Waals surface area contributed by atoms with Gasteiger partial charge in [-0.2, -0.15) is 5.10 Å². The van der Waals surface area contributed by atoms with Crippen molar-refractivity contribution in [2.24, 2.45) is 0 Å². The third kappa shape index (κ3) is 3.48. The quantitative estimate of drug-likeness (QED) is 0.794. The van der Waals surface area contributed by atoms with E-state index < -0.39 is 0 Å². The molecular formula is C16H13N3O2S. The van der Waals surface area contributed by atoms with E-state index >= 15 is 0 Å². The van der Waals surface area contributed by atoms with Crippen LogP contribution in [0.25, 0.3) is 0 Å². The standard InChI is InChI=1S/C16H13N3O2S/c1-11-4-9-15(19-18-11)21-13-7-5-12(6-8-13)17-16(20)14-3-2-10-22-14/h2-10H,1H3,(H,17,20). The fourth-order valence-corrected chi connectivity index (χ4v) is 2.39. The van der Waals surface area contributed by atoms with Gasteiger partial charge in [-0.05, 0) is 48.7 Å². The van der Waals surface area contributed by atoms with Crippen molar-refractivity contribution in [2.45, 2.75) is 6.92 Å². The Morgan fingerprint density at radius 2 is 1.91 bits per heavy atom. The van der Waals surface area contributed by atoms with E-state index in [1.165, 1.54) is 11.3 Å². The summed E-state index contributed by atoms with van der Waals surface area (Å²) in [5.74, 6) is 0.946. The Labute approximate surface area is 131 Å². The van der Waals surface area contributed by atoms with Crippen LogP contribution in [0.1, 0.15) is 15.4 Å². The van der Waals surface area contributed by atoms with E-state index in [2.05, 4.69) is 15.5 Å². The molecule has 0 bridgehead atoms. The molecule has 2 aromatic heterocycles. The van der Waals surface area contributed by atoms with E-state index in [0.717, 1.165) is 5.69 Å². The first-order chi connectivity index (χ1) is 10.7. The van der Waals surface area contributed by atoms with Gasteiger partial charge in [0.15, 0.2) is 0 Å². The number of anilines is 1. The van der Waals surface area contributed by atoms with E-state index in [-0.39, 0.29) is 5.91 Å². The van der Waals surface area contributed by atoms with Crippen LogP contribution in [-0.2, 0) is 0 Å². The predicted octanol–water partition coefficient (Wildman–Crippen LogP) is 3.89. The number of ether oxygens (including phenoxy) is 1. The normalized spacial score (nSPS) is 10.2. The van der Waals surface area contributed by atoms with Gasteiger partial charge in [-0.3, -0.25) is 4.79 Å². The molecule has 0 unspecified atom stereocenters. The molecule has 22 heavy (non-hydrogen) atoms. The zero-order chi connectivity index (χ0) is 15.4. The minimum Gasteiger partial charge on any atom is -0.438 e. The molecule has 0 saturated heterocycles. The number of rotatable bonds is 4. The number of hydrogen-bond acceptors (Lipinski definition) is 5. The lowest BCUT2D eigenvalue weighted by Gasteiger charge is -2.06. The molecule has 5 nitrogen and oxygen atoms in total. The fraction of sp³-hybridized carbons (Fsp3) is 0.0625.